The molecule has 0 aliphatic rings. The molecular formula is C7H8Na2O8S2. The van der Waals surface area contributed by atoms with Crippen molar-refractivity contribution in [1.82, 2.24) is 0 Å². The van der Waals surface area contributed by atoms with Gasteiger partial charge in [-0.3, -0.25) is 9.11 Å². The Labute approximate surface area is 153 Å². The second kappa shape index (κ2) is 7.50. The molecule has 1 rings (SSSR count). The van der Waals surface area contributed by atoms with Crippen LogP contribution in [0.2, 0.25) is 0 Å². The summed E-state index contributed by atoms with van der Waals surface area (Å²) >= 11 is 0. The summed E-state index contributed by atoms with van der Waals surface area (Å²) in [6.07, 6.45) is 0. The summed E-state index contributed by atoms with van der Waals surface area (Å²) in [6, 6.07) is 1.57. The molecule has 0 spiro atoms. The van der Waals surface area contributed by atoms with E-state index in [2.05, 4.69) is 0 Å². The zero-order valence-corrected chi connectivity index (χ0v) is 9.56. The van der Waals surface area contributed by atoms with Crippen LogP contribution < -0.4 is 0 Å². The first-order chi connectivity index (χ1) is 7.51. The summed E-state index contributed by atoms with van der Waals surface area (Å²) in [4.78, 5) is 8.73. The Bertz CT molecular complexity index is 629. The first-order valence-electron chi connectivity index (χ1n) is 3.85. The first kappa shape index (κ1) is 21.8. The minimum absolute atomic E-state index is 0. The number of rotatable bonds is 3. The molecule has 1 aromatic carbocycles. The van der Waals surface area contributed by atoms with E-state index < -0.39 is 41.6 Å². The second-order valence-corrected chi connectivity index (χ2v) is 5.79. The molecule has 98 valence electrons. The summed E-state index contributed by atoms with van der Waals surface area (Å²) in [5, 5.41) is 8.61. The number of carboxylic acid groups (broad SMARTS) is 1. The second-order valence-electron chi connectivity index (χ2n) is 2.95. The van der Waals surface area contributed by atoms with Crippen molar-refractivity contribution in [1.29, 1.82) is 0 Å². The van der Waals surface area contributed by atoms with Crippen molar-refractivity contribution in [3.63, 3.8) is 0 Å². The van der Waals surface area contributed by atoms with Gasteiger partial charge in [0.15, 0.2) is 0 Å². The quantitative estimate of drug-likeness (QED) is 0.452. The van der Waals surface area contributed by atoms with Gasteiger partial charge in [0, 0.05) is 0 Å². The van der Waals surface area contributed by atoms with Crippen LogP contribution in [0, 0.1) is 0 Å². The summed E-state index contributed by atoms with van der Waals surface area (Å²) in [5.41, 5.74) is -0.701. The molecule has 0 amide bonds. The number of carboxylic acids is 1. The average molecular weight is 330 g/mol. The van der Waals surface area contributed by atoms with Gasteiger partial charge in [0.05, 0.1) is 15.4 Å². The topological polar surface area (TPSA) is 146 Å². The van der Waals surface area contributed by atoms with E-state index in [-0.39, 0.29) is 59.1 Å². The van der Waals surface area contributed by atoms with E-state index in [0.29, 0.717) is 18.2 Å². The predicted molar refractivity (Wildman–Crippen MR) is 67.3 cm³/mol. The van der Waals surface area contributed by atoms with Gasteiger partial charge in [-0.05, 0) is 18.2 Å². The molecule has 0 aliphatic carbocycles. The summed E-state index contributed by atoms with van der Waals surface area (Å²) in [5.74, 6) is -1.61. The van der Waals surface area contributed by atoms with Gasteiger partial charge in [-0.2, -0.15) is 16.8 Å². The van der Waals surface area contributed by atoms with E-state index in [9.17, 15) is 21.6 Å². The van der Waals surface area contributed by atoms with Gasteiger partial charge in [0.1, 0.15) is 0 Å². The Morgan fingerprint density at radius 2 is 1.16 bits per heavy atom. The van der Waals surface area contributed by atoms with Crippen molar-refractivity contribution >= 4 is 85.3 Å². The van der Waals surface area contributed by atoms with Crippen molar-refractivity contribution in [3.05, 3.63) is 23.8 Å². The van der Waals surface area contributed by atoms with E-state index in [0.717, 1.165) is 0 Å². The van der Waals surface area contributed by atoms with E-state index in [4.69, 9.17) is 14.2 Å². The molecule has 1 aromatic rings. The summed E-state index contributed by atoms with van der Waals surface area (Å²) < 4.78 is 60.5. The van der Waals surface area contributed by atoms with Gasteiger partial charge in [-0.25, -0.2) is 4.79 Å². The Balaban J connectivity index is 0. The predicted octanol–water partition coefficient (Wildman–Crippen LogP) is -1.42. The molecule has 0 unspecified atom stereocenters. The summed E-state index contributed by atoms with van der Waals surface area (Å²) in [7, 11) is -9.56. The number of benzene rings is 1. The van der Waals surface area contributed by atoms with E-state index in [1.807, 2.05) is 0 Å². The molecule has 3 N–H and O–H groups in total. The van der Waals surface area contributed by atoms with E-state index in [1.165, 1.54) is 0 Å². The maximum absolute atomic E-state index is 10.8. The van der Waals surface area contributed by atoms with Crippen LogP contribution in [0.15, 0.2) is 28.0 Å². The van der Waals surface area contributed by atoms with Crippen molar-refractivity contribution in [2.75, 3.05) is 0 Å². The molecule has 19 heavy (non-hydrogen) atoms. The summed E-state index contributed by atoms with van der Waals surface area (Å²) in [6.45, 7) is 0. The fraction of sp³-hybridized carbons (Fsp3) is 0. The normalized spacial score (nSPS) is 11.1. The van der Waals surface area contributed by atoms with Gasteiger partial charge in [-0.15, -0.1) is 0 Å². The molecule has 0 bridgehead atoms. The molecule has 0 atom stereocenters. The third kappa shape index (κ3) is 6.21. The fourth-order valence-electron chi connectivity index (χ4n) is 0.993. The van der Waals surface area contributed by atoms with Gasteiger partial charge in [-0.1, -0.05) is 0 Å². The van der Waals surface area contributed by atoms with Crippen molar-refractivity contribution in [2.24, 2.45) is 0 Å². The molecule has 8 nitrogen and oxygen atoms in total. The Hall–Kier alpha value is 0.510. The van der Waals surface area contributed by atoms with Crippen molar-refractivity contribution in [3.8, 4) is 0 Å². The van der Waals surface area contributed by atoms with Crippen molar-refractivity contribution in [2.45, 2.75) is 9.79 Å². The molecule has 0 saturated carbocycles. The molecule has 0 saturated heterocycles. The zero-order valence-electron chi connectivity index (χ0n) is 7.93. The Kier molecular flexibility index (Phi) is 8.60. The molecule has 0 radical (unpaired) electrons. The first-order valence-corrected chi connectivity index (χ1v) is 6.73. The molecule has 0 aromatic heterocycles. The van der Waals surface area contributed by atoms with Gasteiger partial charge in [0.25, 0.3) is 20.2 Å². The molecule has 12 heteroatoms. The fourth-order valence-corrected chi connectivity index (χ4v) is 2.17. The van der Waals surface area contributed by atoms with Crippen LogP contribution >= 0.6 is 0 Å². The van der Waals surface area contributed by atoms with Crippen LogP contribution in [0.3, 0.4) is 0 Å². The van der Waals surface area contributed by atoms with Crippen LogP contribution in [0.5, 0.6) is 0 Å². The Morgan fingerprint density at radius 3 is 1.37 bits per heavy atom. The van der Waals surface area contributed by atoms with E-state index >= 15 is 0 Å². The van der Waals surface area contributed by atoms with Crippen LogP contribution in [0.1, 0.15) is 10.4 Å². The molecule has 0 aliphatic heterocycles. The Morgan fingerprint density at radius 1 is 0.842 bits per heavy atom. The van der Waals surface area contributed by atoms with Crippen LogP contribution in [0.25, 0.3) is 0 Å². The third-order valence-electron chi connectivity index (χ3n) is 1.72. The van der Waals surface area contributed by atoms with Gasteiger partial charge >= 0.3 is 65.1 Å². The number of hydrogen-bond acceptors (Lipinski definition) is 5. The molecule has 0 fully saturated rings. The van der Waals surface area contributed by atoms with Gasteiger partial charge in [0.2, 0.25) is 0 Å². The van der Waals surface area contributed by atoms with Gasteiger partial charge < -0.3 is 5.11 Å². The van der Waals surface area contributed by atoms with Crippen LogP contribution in [-0.4, -0.2) is 96.1 Å². The average Bonchev–Trinajstić information content (AvgIpc) is 2.14. The SMILES string of the molecule is O=C(O)c1cc(S(=O)(=O)O)cc(S(=O)(=O)O)c1.[NaH].[NaH]. The van der Waals surface area contributed by atoms with Crippen LogP contribution in [0.4, 0.5) is 0 Å². The third-order valence-corrected chi connectivity index (χ3v) is 3.39. The number of hydrogen-bond donors (Lipinski definition) is 3. The van der Waals surface area contributed by atoms with E-state index in [1.54, 1.807) is 0 Å². The van der Waals surface area contributed by atoms with Crippen LogP contribution in [-0.2, 0) is 20.2 Å². The number of aromatic carboxylic acids is 1. The maximum atomic E-state index is 10.8. The van der Waals surface area contributed by atoms with Crippen molar-refractivity contribution < 1.29 is 35.8 Å². The minimum atomic E-state index is -4.78. The zero-order chi connectivity index (χ0) is 13.4. The molecular weight excluding hydrogens is 322 g/mol. The number of carbonyl (C=O) groups is 1. The molecule has 0 heterocycles. The standard InChI is InChI=1S/C7H6O8S2.2Na.2H/c8-7(9)4-1-5(16(10,11)12)3-6(2-4)17(13,14)15;;;;/h1-3H,(H,8,9)(H,10,11,12)(H,13,14,15);;;;. The monoisotopic (exact) mass is 330 g/mol.